The molecule has 19 heavy (non-hydrogen) atoms. The molecule has 0 radical (unpaired) electrons. The molecular weight excluding hydrogens is 285 g/mol. The van der Waals surface area contributed by atoms with E-state index in [-0.39, 0.29) is 30.7 Å². The van der Waals surface area contributed by atoms with Crippen LogP contribution < -0.4 is 10.6 Å². The molecular formula is C13H19Cl2N3O. The number of nitrogens with zero attached hydrogens (tertiary/aromatic N) is 1. The molecule has 4 nitrogen and oxygen atoms in total. The number of hydrogen-bond acceptors (Lipinski definition) is 3. The summed E-state index contributed by atoms with van der Waals surface area (Å²) in [6.45, 7) is 5.91. The topological polar surface area (TPSA) is 54.0 Å². The summed E-state index contributed by atoms with van der Waals surface area (Å²) in [5.41, 5.74) is 2.46. The van der Waals surface area contributed by atoms with E-state index in [9.17, 15) is 4.79 Å². The van der Waals surface area contributed by atoms with Gasteiger partial charge in [0.05, 0.1) is 11.3 Å². The van der Waals surface area contributed by atoms with Crippen molar-refractivity contribution < 1.29 is 4.79 Å². The van der Waals surface area contributed by atoms with E-state index in [0.29, 0.717) is 23.4 Å². The molecule has 6 heteroatoms. The summed E-state index contributed by atoms with van der Waals surface area (Å²) < 4.78 is 0. The first-order chi connectivity index (χ1) is 8.16. The molecule has 0 bridgehead atoms. The Balaban J connectivity index is 0.000000902. The maximum atomic E-state index is 12.1. The first-order valence-corrected chi connectivity index (χ1v) is 6.12. The Kier molecular flexibility index (Phi) is 5.18. The van der Waals surface area contributed by atoms with Crippen LogP contribution in [0.3, 0.4) is 0 Å². The van der Waals surface area contributed by atoms with Crippen LogP contribution in [0, 0.1) is 25.7 Å². The minimum Gasteiger partial charge on any atom is -0.349 e. The Morgan fingerprint density at radius 3 is 2.47 bits per heavy atom. The average molecular weight is 304 g/mol. The Labute approximate surface area is 125 Å². The molecule has 1 aromatic heterocycles. The molecule has 2 heterocycles. The fourth-order valence-electron chi connectivity index (χ4n) is 2.79. The zero-order valence-corrected chi connectivity index (χ0v) is 12.6. The third-order valence-corrected chi connectivity index (χ3v) is 3.86. The number of piperidine rings is 1. The monoisotopic (exact) mass is 303 g/mol. The maximum Gasteiger partial charge on any atom is 0.253 e. The van der Waals surface area contributed by atoms with E-state index in [1.54, 1.807) is 0 Å². The minimum atomic E-state index is 0. The molecule has 2 aliphatic rings. The molecule has 2 unspecified atom stereocenters. The molecule has 1 amide bonds. The zero-order chi connectivity index (χ0) is 12.0. The fourth-order valence-corrected chi connectivity index (χ4v) is 2.79. The van der Waals surface area contributed by atoms with Crippen molar-refractivity contribution >= 4 is 30.7 Å². The largest absolute Gasteiger partial charge is 0.349 e. The molecule has 0 spiro atoms. The van der Waals surface area contributed by atoms with Crippen LogP contribution >= 0.6 is 24.8 Å². The van der Waals surface area contributed by atoms with Crippen molar-refractivity contribution in [3.63, 3.8) is 0 Å². The Morgan fingerprint density at radius 1 is 1.26 bits per heavy atom. The molecule has 0 aromatic carbocycles. The van der Waals surface area contributed by atoms with Gasteiger partial charge >= 0.3 is 0 Å². The average Bonchev–Trinajstić information content (AvgIpc) is 2.74. The molecule has 2 atom stereocenters. The smallest absolute Gasteiger partial charge is 0.253 e. The van der Waals surface area contributed by atoms with Crippen molar-refractivity contribution in [1.82, 2.24) is 15.6 Å². The second-order valence-electron chi connectivity index (χ2n) is 5.07. The molecule has 1 aromatic rings. The fraction of sp³-hybridized carbons (Fsp3) is 0.538. The van der Waals surface area contributed by atoms with Gasteiger partial charge in [-0.25, -0.2) is 0 Å². The molecule has 106 valence electrons. The first-order valence-electron chi connectivity index (χ1n) is 6.12. The second kappa shape index (κ2) is 6.07. The highest BCUT2D eigenvalue weighted by Gasteiger charge is 2.53. The number of pyridine rings is 1. The maximum absolute atomic E-state index is 12.1. The molecule has 2 fully saturated rings. The van der Waals surface area contributed by atoms with Crippen LogP contribution in [0.1, 0.15) is 21.7 Å². The quantitative estimate of drug-likeness (QED) is 0.870. The van der Waals surface area contributed by atoms with Crippen LogP contribution in [-0.2, 0) is 0 Å². The number of aromatic nitrogens is 1. The SMILES string of the molecule is Cc1ccc(C(=O)NC2C3CNCC32)c(C)n1.Cl.Cl. The summed E-state index contributed by atoms with van der Waals surface area (Å²) in [5, 5.41) is 6.43. The van der Waals surface area contributed by atoms with Crippen molar-refractivity contribution in [3.8, 4) is 0 Å². The second-order valence-corrected chi connectivity index (χ2v) is 5.07. The summed E-state index contributed by atoms with van der Waals surface area (Å²) >= 11 is 0. The normalized spacial score (nSPS) is 26.7. The van der Waals surface area contributed by atoms with Crippen LogP contribution in [0.25, 0.3) is 0 Å². The highest BCUT2D eigenvalue weighted by molar-refractivity contribution is 5.95. The van der Waals surface area contributed by atoms with Gasteiger partial charge in [-0.2, -0.15) is 0 Å². The lowest BCUT2D eigenvalue weighted by molar-refractivity contribution is 0.0945. The summed E-state index contributed by atoms with van der Waals surface area (Å²) in [6.07, 6.45) is 0. The molecule has 1 saturated heterocycles. The van der Waals surface area contributed by atoms with Gasteiger partial charge in [-0.15, -0.1) is 24.8 Å². The third kappa shape index (κ3) is 3.02. The minimum absolute atomic E-state index is 0. The van der Waals surface area contributed by atoms with Crippen LogP contribution in [0.15, 0.2) is 12.1 Å². The number of rotatable bonds is 2. The zero-order valence-electron chi connectivity index (χ0n) is 11.0. The Hall–Kier alpha value is -0.840. The van der Waals surface area contributed by atoms with Gasteiger partial charge in [-0.3, -0.25) is 9.78 Å². The molecule has 1 aliphatic heterocycles. The predicted molar refractivity (Wildman–Crippen MR) is 79.3 cm³/mol. The lowest BCUT2D eigenvalue weighted by atomic mass is 10.1. The lowest BCUT2D eigenvalue weighted by Gasteiger charge is -2.09. The summed E-state index contributed by atoms with van der Waals surface area (Å²) in [4.78, 5) is 16.4. The number of nitrogens with one attached hydrogen (secondary N) is 2. The first kappa shape index (κ1) is 16.2. The van der Waals surface area contributed by atoms with Gasteiger partial charge in [0, 0.05) is 24.8 Å². The van der Waals surface area contributed by atoms with Gasteiger partial charge in [0.15, 0.2) is 0 Å². The van der Waals surface area contributed by atoms with Crippen LogP contribution in [-0.4, -0.2) is 30.0 Å². The van der Waals surface area contributed by atoms with Gasteiger partial charge in [-0.05, 0) is 37.8 Å². The van der Waals surface area contributed by atoms with Gasteiger partial charge in [0.1, 0.15) is 0 Å². The Bertz CT molecular complexity index is 471. The van der Waals surface area contributed by atoms with Crippen molar-refractivity contribution in [3.05, 3.63) is 29.1 Å². The summed E-state index contributed by atoms with van der Waals surface area (Å²) in [6, 6.07) is 4.13. The van der Waals surface area contributed by atoms with E-state index in [1.807, 2.05) is 26.0 Å². The number of amides is 1. The number of fused-ring (bicyclic) bond motifs is 1. The third-order valence-electron chi connectivity index (χ3n) is 3.86. The summed E-state index contributed by atoms with van der Waals surface area (Å²) in [5.74, 6) is 1.32. The van der Waals surface area contributed by atoms with Gasteiger partial charge in [0.2, 0.25) is 0 Å². The van der Waals surface area contributed by atoms with E-state index >= 15 is 0 Å². The van der Waals surface area contributed by atoms with Crippen LogP contribution in [0.5, 0.6) is 0 Å². The van der Waals surface area contributed by atoms with E-state index in [1.165, 1.54) is 0 Å². The van der Waals surface area contributed by atoms with Gasteiger partial charge < -0.3 is 10.6 Å². The number of aryl methyl sites for hydroxylation is 2. The van der Waals surface area contributed by atoms with E-state index in [4.69, 9.17) is 0 Å². The van der Waals surface area contributed by atoms with Crippen LogP contribution in [0.2, 0.25) is 0 Å². The van der Waals surface area contributed by atoms with Crippen molar-refractivity contribution in [2.75, 3.05) is 13.1 Å². The highest BCUT2D eigenvalue weighted by atomic mass is 35.5. The number of halogens is 2. The summed E-state index contributed by atoms with van der Waals surface area (Å²) in [7, 11) is 0. The van der Waals surface area contributed by atoms with E-state index < -0.39 is 0 Å². The van der Waals surface area contributed by atoms with Crippen molar-refractivity contribution in [2.24, 2.45) is 11.8 Å². The lowest BCUT2D eigenvalue weighted by Crippen LogP contribution is -2.33. The molecule has 1 aliphatic carbocycles. The van der Waals surface area contributed by atoms with Crippen molar-refractivity contribution in [2.45, 2.75) is 19.9 Å². The van der Waals surface area contributed by atoms with Crippen molar-refractivity contribution in [1.29, 1.82) is 0 Å². The molecule has 1 saturated carbocycles. The number of hydrogen-bond donors (Lipinski definition) is 2. The van der Waals surface area contributed by atoms with Gasteiger partial charge in [-0.1, -0.05) is 0 Å². The molecule has 2 N–H and O–H groups in total. The van der Waals surface area contributed by atoms with Crippen LogP contribution in [0.4, 0.5) is 0 Å². The standard InChI is InChI=1S/C13H17N3O.2ClH/c1-7-3-4-9(8(2)15-7)13(17)16-12-10-5-14-6-11(10)12;;/h3-4,10-12,14H,5-6H2,1-2H3,(H,16,17);2*1H. The van der Waals surface area contributed by atoms with E-state index in [2.05, 4.69) is 15.6 Å². The van der Waals surface area contributed by atoms with E-state index in [0.717, 1.165) is 24.5 Å². The number of carbonyl (C=O) groups is 1. The molecule has 3 rings (SSSR count). The number of carbonyl (C=O) groups excluding carboxylic acids is 1. The predicted octanol–water partition coefficient (Wildman–Crippen LogP) is 1.49. The highest BCUT2D eigenvalue weighted by Crippen LogP contribution is 2.41. The Morgan fingerprint density at radius 2 is 1.89 bits per heavy atom. The van der Waals surface area contributed by atoms with Gasteiger partial charge in [0.25, 0.3) is 5.91 Å².